The van der Waals surface area contributed by atoms with E-state index in [2.05, 4.69) is 11.4 Å². The molecule has 3 nitrogen and oxygen atoms in total. The maximum atomic E-state index is 11.3. The number of methoxy groups -OCH3 is 1. The van der Waals surface area contributed by atoms with Crippen LogP contribution in [-0.4, -0.2) is 19.5 Å². The minimum Gasteiger partial charge on any atom is -0.493 e. The molecule has 1 aromatic heterocycles. The fourth-order valence-electron chi connectivity index (χ4n) is 1.72. The average molecular weight is 276 g/mol. The van der Waals surface area contributed by atoms with E-state index in [1.165, 1.54) is 11.8 Å². The zero-order valence-corrected chi connectivity index (χ0v) is 11.8. The van der Waals surface area contributed by atoms with Gasteiger partial charge in [-0.3, -0.25) is 4.79 Å². The molecule has 0 aliphatic rings. The summed E-state index contributed by atoms with van der Waals surface area (Å²) in [7, 11) is 1.57. The van der Waals surface area contributed by atoms with E-state index in [9.17, 15) is 4.79 Å². The van der Waals surface area contributed by atoms with Crippen molar-refractivity contribution in [2.75, 3.05) is 13.7 Å². The minimum absolute atomic E-state index is 0.0171. The van der Waals surface area contributed by atoms with Crippen LogP contribution in [0.4, 0.5) is 0 Å². The van der Waals surface area contributed by atoms with Gasteiger partial charge in [-0.1, -0.05) is 6.07 Å². The normalized spacial score (nSPS) is 10.2. The van der Waals surface area contributed by atoms with E-state index in [0.717, 1.165) is 6.42 Å². The number of Topliss-reactive ketones (excluding diaryl/α,β-unsaturated/α-hetero) is 1. The van der Waals surface area contributed by atoms with E-state index in [4.69, 9.17) is 9.47 Å². The summed E-state index contributed by atoms with van der Waals surface area (Å²) >= 11 is 1.72. The third kappa shape index (κ3) is 3.58. The molecule has 1 heterocycles. The van der Waals surface area contributed by atoms with Crippen LogP contribution in [0.5, 0.6) is 11.5 Å². The lowest BCUT2D eigenvalue weighted by molar-refractivity contribution is 0.101. The highest BCUT2D eigenvalue weighted by Gasteiger charge is 2.08. The first kappa shape index (κ1) is 13.6. The fourth-order valence-corrected chi connectivity index (χ4v) is 2.41. The van der Waals surface area contributed by atoms with Crippen molar-refractivity contribution in [1.29, 1.82) is 0 Å². The first-order valence-corrected chi connectivity index (χ1v) is 6.93. The predicted octanol–water partition coefficient (Wildman–Crippen LogP) is 3.58. The highest BCUT2D eigenvalue weighted by molar-refractivity contribution is 7.09. The zero-order valence-electron chi connectivity index (χ0n) is 11.0. The molecule has 0 radical (unpaired) electrons. The van der Waals surface area contributed by atoms with Gasteiger partial charge in [0, 0.05) is 16.9 Å². The molecule has 0 fully saturated rings. The van der Waals surface area contributed by atoms with Crippen molar-refractivity contribution in [3.05, 3.63) is 46.2 Å². The Morgan fingerprint density at radius 1 is 1.26 bits per heavy atom. The van der Waals surface area contributed by atoms with E-state index >= 15 is 0 Å². The van der Waals surface area contributed by atoms with Gasteiger partial charge in [0.25, 0.3) is 0 Å². The van der Waals surface area contributed by atoms with Crippen molar-refractivity contribution in [3.8, 4) is 11.5 Å². The summed E-state index contributed by atoms with van der Waals surface area (Å²) in [5.41, 5.74) is 0.627. The van der Waals surface area contributed by atoms with Crippen LogP contribution < -0.4 is 9.47 Å². The quantitative estimate of drug-likeness (QED) is 0.756. The number of hydrogen-bond donors (Lipinski definition) is 0. The van der Waals surface area contributed by atoms with Crippen LogP contribution in [0.2, 0.25) is 0 Å². The fraction of sp³-hybridized carbons (Fsp3) is 0.267. The van der Waals surface area contributed by atoms with E-state index in [1.807, 2.05) is 6.07 Å². The second-order valence-electron chi connectivity index (χ2n) is 4.10. The van der Waals surface area contributed by atoms with Crippen LogP contribution in [0.25, 0.3) is 0 Å². The highest BCUT2D eigenvalue weighted by Crippen LogP contribution is 2.28. The molecule has 0 aliphatic heterocycles. The molecule has 100 valence electrons. The molecule has 19 heavy (non-hydrogen) atoms. The van der Waals surface area contributed by atoms with Crippen LogP contribution in [0, 0.1) is 0 Å². The molecule has 0 spiro atoms. The van der Waals surface area contributed by atoms with Crippen LogP contribution in [-0.2, 0) is 6.42 Å². The van der Waals surface area contributed by atoms with Crippen molar-refractivity contribution >= 4 is 17.1 Å². The summed E-state index contributed by atoms with van der Waals surface area (Å²) in [6, 6.07) is 9.37. The number of rotatable bonds is 6. The Hall–Kier alpha value is -1.81. The Morgan fingerprint density at radius 2 is 2.11 bits per heavy atom. The first-order chi connectivity index (χ1) is 9.20. The molecule has 0 amide bonds. The Balaban J connectivity index is 2.01. The molecule has 0 unspecified atom stereocenters. The van der Waals surface area contributed by atoms with Gasteiger partial charge in [0.2, 0.25) is 0 Å². The maximum absolute atomic E-state index is 11.3. The monoisotopic (exact) mass is 276 g/mol. The van der Waals surface area contributed by atoms with Gasteiger partial charge >= 0.3 is 0 Å². The largest absolute Gasteiger partial charge is 0.493 e. The molecule has 0 aliphatic carbocycles. The number of ketones is 1. The lowest BCUT2D eigenvalue weighted by Crippen LogP contribution is -2.02. The molecule has 4 heteroatoms. The SMILES string of the molecule is COc1cc(C(C)=O)ccc1OCCc1cccs1. The zero-order chi connectivity index (χ0) is 13.7. The third-order valence-corrected chi connectivity index (χ3v) is 3.69. The van der Waals surface area contributed by atoms with Gasteiger partial charge in [-0.05, 0) is 36.6 Å². The average Bonchev–Trinajstić information content (AvgIpc) is 2.92. The summed E-state index contributed by atoms with van der Waals surface area (Å²) in [6.45, 7) is 2.13. The molecular formula is C15H16O3S. The van der Waals surface area contributed by atoms with E-state index in [0.29, 0.717) is 23.7 Å². The molecule has 0 N–H and O–H groups in total. The van der Waals surface area contributed by atoms with Gasteiger partial charge in [-0.25, -0.2) is 0 Å². The lowest BCUT2D eigenvalue weighted by Gasteiger charge is -2.11. The summed E-state index contributed by atoms with van der Waals surface area (Å²) in [5, 5.41) is 2.05. The van der Waals surface area contributed by atoms with Gasteiger partial charge in [0.15, 0.2) is 17.3 Å². The Labute approximate surface area is 116 Å². The molecule has 0 saturated carbocycles. The second kappa shape index (κ2) is 6.38. The van der Waals surface area contributed by atoms with Crippen molar-refractivity contribution in [2.45, 2.75) is 13.3 Å². The first-order valence-electron chi connectivity index (χ1n) is 6.05. The van der Waals surface area contributed by atoms with Crippen LogP contribution in [0.15, 0.2) is 35.7 Å². The highest BCUT2D eigenvalue weighted by atomic mass is 32.1. The van der Waals surface area contributed by atoms with E-state index in [1.54, 1.807) is 36.6 Å². The molecule has 2 rings (SSSR count). The number of carbonyl (C=O) groups excluding carboxylic acids is 1. The summed E-state index contributed by atoms with van der Waals surface area (Å²) in [6.07, 6.45) is 0.870. The Kier molecular flexibility index (Phi) is 4.58. The van der Waals surface area contributed by atoms with Gasteiger partial charge in [-0.15, -0.1) is 11.3 Å². The number of hydrogen-bond acceptors (Lipinski definition) is 4. The number of benzene rings is 1. The second-order valence-corrected chi connectivity index (χ2v) is 5.13. The van der Waals surface area contributed by atoms with Crippen molar-refractivity contribution in [3.63, 3.8) is 0 Å². The smallest absolute Gasteiger partial charge is 0.161 e. The van der Waals surface area contributed by atoms with Gasteiger partial charge in [0.1, 0.15) is 0 Å². The molecule has 0 saturated heterocycles. The van der Waals surface area contributed by atoms with Crippen LogP contribution in [0.3, 0.4) is 0 Å². The van der Waals surface area contributed by atoms with E-state index in [-0.39, 0.29) is 5.78 Å². The minimum atomic E-state index is 0.0171. The summed E-state index contributed by atoms with van der Waals surface area (Å²) in [5.74, 6) is 1.28. The molecule has 1 aromatic carbocycles. The molecule has 2 aromatic rings. The molecule has 0 atom stereocenters. The van der Waals surface area contributed by atoms with Gasteiger partial charge in [-0.2, -0.15) is 0 Å². The van der Waals surface area contributed by atoms with Crippen molar-refractivity contribution in [2.24, 2.45) is 0 Å². The Morgan fingerprint density at radius 3 is 2.74 bits per heavy atom. The standard InChI is InChI=1S/C15H16O3S/c1-11(16)12-5-6-14(15(10-12)17-2)18-8-7-13-4-3-9-19-13/h3-6,9-10H,7-8H2,1-2H3. The number of carbonyl (C=O) groups is 1. The predicted molar refractivity (Wildman–Crippen MR) is 76.5 cm³/mol. The summed E-state index contributed by atoms with van der Waals surface area (Å²) in [4.78, 5) is 12.6. The molecule has 0 bridgehead atoms. The third-order valence-electron chi connectivity index (χ3n) is 2.76. The molecular weight excluding hydrogens is 260 g/mol. The summed E-state index contributed by atoms with van der Waals surface area (Å²) < 4.78 is 11.0. The lowest BCUT2D eigenvalue weighted by atomic mass is 10.1. The topological polar surface area (TPSA) is 35.5 Å². The number of ether oxygens (including phenoxy) is 2. The van der Waals surface area contributed by atoms with Crippen LogP contribution in [0.1, 0.15) is 22.2 Å². The van der Waals surface area contributed by atoms with Crippen molar-refractivity contribution in [1.82, 2.24) is 0 Å². The van der Waals surface area contributed by atoms with Gasteiger partial charge < -0.3 is 9.47 Å². The number of thiophene rings is 1. The van der Waals surface area contributed by atoms with Crippen molar-refractivity contribution < 1.29 is 14.3 Å². The maximum Gasteiger partial charge on any atom is 0.161 e. The van der Waals surface area contributed by atoms with E-state index < -0.39 is 0 Å². The Bertz CT molecular complexity index is 547. The van der Waals surface area contributed by atoms with Crippen LogP contribution >= 0.6 is 11.3 Å². The van der Waals surface area contributed by atoms with Gasteiger partial charge in [0.05, 0.1) is 13.7 Å².